The molecule has 0 saturated carbocycles. The summed E-state index contributed by atoms with van der Waals surface area (Å²) in [5.74, 6) is -0.120. The highest BCUT2D eigenvalue weighted by atomic mass is 79.9. The minimum absolute atomic E-state index is 0.120. The van der Waals surface area contributed by atoms with Crippen molar-refractivity contribution >= 4 is 37.5 Å². The number of hydrogen-bond donors (Lipinski definition) is 1. The number of halogens is 1. The van der Waals surface area contributed by atoms with Gasteiger partial charge in [-0.3, -0.25) is 9.52 Å². The van der Waals surface area contributed by atoms with Crippen LogP contribution in [0, 0.1) is 6.92 Å². The molecule has 5 nitrogen and oxygen atoms in total. The van der Waals surface area contributed by atoms with E-state index < -0.39 is 10.0 Å². The third-order valence-electron chi connectivity index (χ3n) is 3.85. The summed E-state index contributed by atoms with van der Waals surface area (Å²) in [5.41, 5.74) is 1.64. The maximum absolute atomic E-state index is 12.6. The van der Waals surface area contributed by atoms with Gasteiger partial charge in [0, 0.05) is 28.8 Å². The molecule has 1 amide bonds. The van der Waals surface area contributed by atoms with Crippen molar-refractivity contribution in [3.63, 3.8) is 0 Å². The van der Waals surface area contributed by atoms with Crippen molar-refractivity contribution in [2.75, 3.05) is 17.8 Å². The number of carbonyl (C=O) groups excluding carboxylic acids is 1. The van der Waals surface area contributed by atoms with Crippen molar-refractivity contribution < 1.29 is 13.2 Å². The normalized spacial score (nSPS) is 11.2. The molecule has 0 aliphatic rings. The van der Waals surface area contributed by atoms with Crippen molar-refractivity contribution in [2.45, 2.75) is 25.7 Å². The van der Waals surface area contributed by atoms with Gasteiger partial charge < -0.3 is 4.90 Å². The predicted molar refractivity (Wildman–Crippen MR) is 103 cm³/mol. The zero-order valence-corrected chi connectivity index (χ0v) is 16.8. The lowest BCUT2D eigenvalue weighted by Crippen LogP contribution is -2.30. The van der Waals surface area contributed by atoms with E-state index in [0.29, 0.717) is 24.3 Å². The van der Waals surface area contributed by atoms with Crippen LogP contribution in [0.25, 0.3) is 0 Å². The van der Waals surface area contributed by atoms with E-state index in [-0.39, 0.29) is 10.8 Å². The van der Waals surface area contributed by atoms with Gasteiger partial charge in [-0.1, -0.05) is 22.0 Å². The van der Waals surface area contributed by atoms with Gasteiger partial charge in [0.15, 0.2) is 0 Å². The molecule has 0 bridgehead atoms. The van der Waals surface area contributed by atoms with E-state index >= 15 is 0 Å². The van der Waals surface area contributed by atoms with Gasteiger partial charge in [-0.25, -0.2) is 8.42 Å². The van der Waals surface area contributed by atoms with Crippen LogP contribution in [0.2, 0.25) is 0 Å². The largest absolute Gasteiger partial charge is 0.339 e. The second-order valence-corrected chi connectivity index (χ2v) is 8.11. The number of carbonyl (C=O) groups is 1. The zero-order chi connectivity index (χ0) is 18.6. The van der Waals surface area contributed by atoms with Crippen molar-refractivity contribution in [3.8, 4) is 0 Å². The molecule has 25 heavy (non-hydrogen) atoms. The summed E-state index contributed by atoms with van der Waals surface area (Å²) in [6.07, 6.45) is 0. The number of amides is 1. The fourth-order valence-electron chi connectivity index (χ4n) is 2.41. The molecule has 0 heterocycles. The smallest absolute Gasteiger partial charge is 0.261 e. The summed E-state index contributed by atoms with van der Waals surface area (Å²) in [4.78, 5) is 14.3. The molecule has 2 aromatic rings. The number of anilines is 1. The molecule has 0 aliphatic heterocycles. The lowest BCUT2D eigenvalue weighted by Gasteiger charge is -2.19. The van der Waals surface area contributed by atoms with Crippen molar-refractivity contribution in [1.82, 2.24) is 4.90 Å². The predicted octanol–water partition coefficient (Wildman–Crippen LogP) is 4.04. The van der Waals surface area contributed by atoms with Gasteiger partial charge in [0.05, 0.1) is 4.90 Å². The molecule has 0 aliphatic carbocycles. The Kier molecular flexibility index (Phi) is 6.24. The van der Waals surface area contributed by atoms with Gasteiger partial charge in [0.2, 0.25) is 0 Å². The van der Waals surface area contributed by atoms with Crippen LogP contribution < -0.4 is 4.72 Å². The highest BCUT2D eigenvalue weighted by Crippen LogP contribution is 2.22. The third kappa shape index (κ3) is 4.61. The highest BCUT2D eigenvalue weighted by Gasteiger charge is 2.17. The SMILES string of the molecule is CCN(CC)C(=O)c1cccc(NS(=O)(=O)c2ccc(Br)c(C)c2)c1. The van der Waals surface area contributed by atoms with Gasteiger partial charge in [-0.05, 0) is 62.7 Å². The molecular weight excluding hydrogens is 404 g/mol. The molecule has 0 saturated heterocycles. The molecule has 7 heteroatoms. The number of hydrogen-bond acceptors (Lipinski definition) is 3. The quantitative estimate of drug-likeness (QED) is 0.760. The van der Waals surface area contributed by atoms with Crippen LogP contribution in [0.3, 0.4) is 0 Å². The molecule has 2 aromatic carbocycles. The summed E-state index contributed by atoms with van der Waals surface area (Å²) in [6.45, 7) is 6.84. The Balaban J connectivity index is 2.29. The molecule has 2 rings (SSSR count). The Morgan fingerprint density at radius 1 is 1.12 bits per heavy atom. The van der Waals surface area contributed by atoms with E-state index in [0.717, 1.165) is 10.0 Å². The number of rotatable bonds is 6. The number of nitrogens with one attached hydrogen (secondary N) is 1. The first-order chi connectivity index (χ1) is 11.8. The first-order valence-electron chi connectivity index (χ1n) is 7.96. The average Bonchev–Trinajstić information content (AvgIpc) is 2.58. The molecule has 0 aromatic heterocycles. The first kappa shape index (κ1) is 19.5. The van der Waals surface area contributed by atoms with Crippen LogP contribution in [0.4, 0.5) is 5.69 Å². The van der Waals surface area contributed by atoms with Gasteiger partial charge in [-0.15, -0.1) is 0 Å². The van der Waals surface area contributed by atoms with Gasteiger partial charge >= 0.3 is 0 Å². The van der Waals surface area contributed by atoms with Crippen LogP contribution in [0.15, 0.2) is 51.8 Å². The Labute approximate surface area is 157 Å². The molecule has 0 spiro atoms. The van der Waals surface area contributed by atoms with E-state index in [2.05, 4.69) is 20.7 Å². The van der Waals surface area contributed by atoms with Crippen molar-refractivity contribution in [3.05, 3.63) is 58.1 Å². The van der Waals surface area contributed by atoms with E-state index in [9.17, 15) is 13.2 Å². The Hall–Kier alpha value is -1.86. The highest BCUT2D eigenvalue weighted by molar-refractivity contribution is 9.10. The standard InChI is InChI=1S/C18H21BrN2O3S/c1-4-21(5-2)18(22)14-7-6-8-15(12-14)20-25(23,24)16-9-10-17(19)13(3)11-16/h6-12,20H,4-5H2,1-3H3. The van der Waals surface area contributed by atoms with Crippen molar-refractivity contribution in [2.24, 2.45) is 0 Å². The lowest BCUT2D eigenvalue weighted by molar-refractivity contribution is 0.0773. The zero-order valence-electron chi connectivity index (χ0n) is 14.4. The lowest BCUT2D eigenvalue weighted by atomic mass is 10.2. The molecule has 0 radical (unpaired) electrons. The summed E-state index contributed by atoms with van der Waals surface area (Å²) in [5, 5.41) is 0. The fraction of sp³-hybridized carbons (Fsp3) is 0.278. The Morgan fingerprint density at radius 3 is 2.40 bits per heavy atom. The van der Waals surface area contributed by atoms with Gasteiger partial charge in [-0.2, -0.15) is 0 Å². The fourth-order valence-corrected chi connectivity index (χ4v) is 3.79. The molecule has 0 unspecified atom stereocenters. The number of nitrogens with zero attached hydrogens (tertiary/aromatic N) is 1. The molecule has 0 atom stereocenters. The molecular formula is C18H21BrN2O3S. The van der Waals surface area contributed by atoms with Crippen LogP contribution in [-0.2, 0) is 10.0 Å². The molecule has 134 valence electrons. The van der Waals surface area contributed by atoms with E-state index in [1.165, 1.54) is 6.07 Å². The Morgan fingerprint density at radius 2 is 1.80 bits per heavy atom. The first-order valence-corrected chi connectivity index (χ1v) is 10.2. The van der Waals surface area contributed by atoms with E-state index in [4.69, 9.17) is 0 Å². The summed E-state index contributed by atoms with van der Waals surface area (Å²) < 4.78 is 28.5. The maximum Gasteiger partial charge on any atom is 0.261 e. The topological polar surface area (TPSA) is 66.5 Å². The number of benzene rings is 2. The Bertz CT molecular complexity index is 878. The second kappa shape index (κ2) is 8.01. The number of aryl methyl sites for hydroxylation is 1. The van der Waals surface area contributed by atoms with Crippen LogP contribution in [0.1, 0.15) is 29.8 Å². The second-order valence-electron chi connectivity index (χ2n) is 5.57. The summed E-state index contributed by atoms with van der Waals surface area (Å²) in [7, 11) is -3.72. The monoisotopic (exact) mass is 424 g/mol. The van der Waals surface area contributed by atoms with Crippen LogP contribution in [-0.4, -0.2) is 32.3 Å². The molecule has 1 N–H and O–H groups in total. The van der Waals surface area contributed by atoms with Crippen molar-refractivity contribution in [1.29, 1.82) is 0 Å². The average molecular weight is 425 g/mol. The maximum atomic E-state index is 12.6. The minimum Gasteiger partial charge on any atom is -0.339 e. The van der Waals surface area contributed by atoms with Crippen LogP contribution >= 0.6 is 15.9 Å². The summed E-state index contributed by atoms with van der Waals surface area (Å²) >= 11 is 3.36. The third-order valence-corrected chi connectivity index (χ3v) is 6.12. The van der Waals surface area contributed by atoms with Gasteiger partial charge in [0.25, 0.3) is 15.9 Å². The van der Waals surface area contributed by atoms with Crippen LogP contribution in [0.5, 0.6) is 0 Å². The number of sulfonamides is 1. The summed E-state index contributed by atoms with van der Waals surface area (Å²) in [6, 6.07) is 11.4. The molecule has 0 fully saturated rings. The van der Waals surface area contributed by atoms with E-state index in [1.807, 2.05) is 20.8 Å². The van der Waals surface area contributed by atoms with Gasteiger partial charge in [0.1, 0.15) is 0 Å². The van der Waals surface area contributed by atoms with E-state index in [1.54, 1.807) is 41.3 Å². The minimum atomic E-state index is -3.72.